The molecule has 1 fully saturated rings. The van der Waals surface area contributed by atoms with Crippen LogP contribution in [0.15, 0.2) is 18.2 Å². The maximum absolute atomic E-state index is 13.2. The molecule has 0 aliphatic carbocycles. The molecule has 1 aliphatic rings. The Morgan fingerprint density at radius 3 is 2.70 bits per heavy atom. The van der Waals surface area contributed by atoms with Gasteiger partial charge in [-0.3, -0.25) is 4.90 Å². The number of likely N-dealkylation sites (tertiary alicyclic amines) is 1. The van der Waals surface area contributed by atoms with Crippen LogP contribution in [0.3, 0.4) is 0 Å². The van der Waals surface area contributed by atoms with Gasteiger partial charge >= 0.3 is 0 Å². The smallest absolute Gasteiger partial charge is 0.141 e. The highest BCUT2D eigenvalue weighted by atomic mass is 35.5. The maximum Gasteiger partial charge on any atom is 0.141 e. The number of nitrogens with two attached hydrogens (primary N) is 1. The average molecular weight is 300 g/mol. The van der Waals surface area contributed by atoms with E-state index in [0.29, 0.717) is 6.54 Å². The summed E-state index contributed by atoms with van der Waals surface area (Å²) in [5.74, 6) is -0.383. The van der Waals surface area contributed by atoms with Gasteiger partial charge in [0.2, 0.25) is 0 Å². The van der Waals surface area contributed by atoms with Crippen molar-refractivity contribution in [3.8, 4) is 0 Å². The van der Waals surface area contributed by atoms with Crippen LogP contribution in [-0.4, -0.2) is 49.6 Å². The minimum Gasteiger partial charge on any atom is -0.329 e. The standard InChI is InChI=1S/C15H23ClFN3/c1-19(8-9-20-6-2-3-7-20)15(11-18)12-4-5-14(17)13(16)10-12/h4-5,10,15H,2-3,6-9,11,18H2,1H3. The normalized spacial score (nSPS) is 17.9. The van der Waals surface area contributed by atoms with Crippen LogP contribution in [0.5, 0.6) is 0 Å². The monoisotopic (exact) mass is 299 g/mol. The summed E-state index contributed by atoms with van der Waals surface area (Å²) in [5.41, 5.74) is 6.86. The van der Waals surface area contributed by atoms with E-state index in [1.807, 2.05) is 0 Å². The van der Waals surface area contributed by atoms with Gasteiger partial charge in [0.15, 0.2) is 0 Å². The highest BCUT2D eigenvalue weighted by molar-refractivity contribution is 6.30. The molecule has 1 heterocycles. The molecule has 0 spiro atoms. The van der Waals surface area contributed by atoms with E-state index >= 15 is 0 Å². The first kappa shape index (κ1) is 15.7. The molecular formula is C15H23ClFN3. The number of likely N-dealkylation sites (N-methyl/N-ethyl adjacent to an activating group) is 1. The fraction of sp³-hybridized carbons (Fsp3) is 0.600. The third-order valence-corrected chi connectivity index (χ3v) is 4.34. The van der Waals surface area contributed by atoms with Crippen LogP contribution in [0.4, 0.5) is 4.39 Å². The van der Waals surface area contributed by atoms with E-state index in [2.05, 4.69) is 16.8 Å². The van der Waals surface area contributed by atoms with Crippen LogP contribution in [0, 0.1) is 5.82 Å². The van der Waals surface area contributed by atoms with E-state index in [1.54, 1.807) is 12.1 Å². The van der Waals surface area contributed by atoms with Crippen molar-refractivity contribution in [3.63, 3.8) is 0 Å². The second-order valence-corrected chi connectivity index (χ2v) is 5.86. The van der Waals surface area contributed by atoms with Crippen molar-refractivity contribution < 1.29 is 4.39 Å². The first-order chi connectivity index (χ1) is 9.61. The second kappa shape index (κ2) is 7.36. The molecule has 20 heavy (non-hydrogen) atoms. The zero-order valence-electron chi connectivity index (χ0n) is 12.0. The highest BCUT2D eigenvalue weighted by Crippen LogP contribution is 2.23. The first-order valence-corrected chi connectivity index (χ1v) is 7.57. The zero-order chi connectivity index (χ0) is 14.5. The van der Waals surface area contributed by atoms with E-state index in [9.17, 15) is 4.39 Å². The van der Waals surface area contributed by atoms with E-state index in [0.717, 1.165) is 18.7 Å². The summed E-state index contributed by atoms with van der Waals surface area (Å²) in [6.07, 6.45) is 2.61. The second-order valence-electron chi connectivity index (χ2n) is 5.45. The van der Waals surface area contributed by atoms with Crippen molar-refractivity contribution in [2.24, 2.45) is 5.73 Å². The van der Waals surface area contributed by atoms with Crippen LogP contribution in [0.2, 0.25) is 5.02 Å². The highest BCUT2D eigenvalue weighted by Gasteiger charge is 2.18. The van der Waals surface area contributed by atoms with Crippen molar-refractivity contribution in [2.75, 3.05) is 39.8 Å². The van der Waals surface area contributed by atoms with Crippen molar-refractivity contribution in [1.29, 1.82) is 0 Å². The Labute approximate surface area is 125 Å². The molecule has 0 aromatic heterocycles. The van der Waals surface area contributed by atoms with E-state index in [-0.39, 0.29) is 16.9 Å². The molecule has 1 aromatic rings. The summed E-state index contributed by atoms with van der Waals surface area (Å²) in [6, 6.07) is 4.94. The molecule has 2 rings (SSSR count). The van der Waals surface area contributed by atoms with Gasteiger partial charge < -0.3 is 10.6 Å². The molecule has 112 valence electrons. The van der Waals surface area contributed by atoms with Gasteiger partial charge in [-0.1, -0.05) is 17.7 Å². The third-order valence-electron chi connectivity index (χ3n) is 4.05. The molecule has 5 heteroatoms. The molecule has 1 unspecified atom stereocenters. The Hall–Kier alpha value is -0.680. The molecule has 1 saturated heterocycles. The van der Waals surface area contributed by atoms with Gasteiger partial charge in [-0.2, -0.15) is 0 Å². The lowest BCUT2D eigenvalue weighted by Gasteiger charge is -2.29. The molecule has 0 amide bonds. The van der Waals surface area contributed by atoms with Gasteiger partial charge in [0.05, 0.1) is 5.02 Å². The summed E-state index contributed by atoms with van der Waals surface area (Å²) in [4.78, 5) is 4.70. The molecule has 1 atom stereocenters. The Balaban J connectivity index is 1.96. The van der Waals surface area contributed by atoms with Crippen molar-refractivity contribution in [1.82, 2.24) is 9.80 Å². The van der Waals surface area contributed by atoms with Crippen LogP contribution < -0.4 is 5.73 Å². The van der Waals surface area contributed by atoms with E-state index < -0.39 is 0 Å². The fourth-order valence-electron chi connectivity index (χ4n) is 2.75. The minimum absolute atomic E-state index is 0.0794. The summed E-state index contributed by atoms with van der Waals surface area (Å²) < 4.78 is 13.2. The van der Waals surface area contributed by atoms with Gasteiger partial charge in [-0.05, 0) is 50.7 Å². The molecule has 0 radical (unpaired) electrons. The molecule has 3 nitrogen and oxygen atoms in total. The summed E-state index contributed by atoms with van der Waals surface area (Å²) in [7, 11) is 2.06. The predicted octanol–water partition coefficient (Wildman–Crippen LogP) is 2.51. The molecule has 0 bridgehead atoms. The number of nitrogens with zero attached hydrogens (tertiary/aromatic N) is 2. The molecule has 0 saturated carbocycles. The van der Waals surface area contributed by atoms with Crippen LogP contribution in [0.25, 0.3) is 0 Å². The maximum atomic E-state index is 13.2. The van der Waals surface area contributed by atoms with Crippen molar-refractivity contribution >= 4 is 11.6 Å². The van der Waals surface area contributed by atoms with Gasteiger partial charge in [0, 0.05) is 25.7 Å². The topological polar surface area (TPSA) is 32.5 Å². The Bertz CT molecular complexity index is 435. The van der Waals surface area contributed by atoms with Gasteiger partial charge in [0.1, 0.15) is 5.82 Å². The predicted molar refractivity (Wildman–Crippen MR) is 81.5 cm³/mol. The molecular weight excluding hydrogens is 277 g/mol. The third kappa shape index (κ3) is 3.92. The Morgan fingerprint density at radius 2 is 2.10 bits per heavy atom. The Kier molecular flexibility index (Phi) is 5.78. The number of hydrogen-bond acceptors (Lipinski definition) is 3. The molecule has 1 aromatic carbocycles. The number of rotatable bonds is 6. The van der Waals surface area contributed by atoms with Crippen LogP contribution >= 0.6 is 11.6 Å². The molecule has 1 aliphatic heterocycles. The van der Waals surface area contributed by atoms with Gasteiger partial charge in [-0.25, -0.2) is 4.39 Å². The van der Waals surface area contributed by atoms with E-state index in [4.69, 9.17) is 17.3 Å². The van der Waals surface area contributed by atoms with Crippen molar-refractivity contribution in [3.05, 3.63) is 34.6 Å². The summed E-state index contributed by atoms with van der Waals surface area (Å²) in [5, 5.41) is 0.161. The largest absolute Gasteiger partial charge is 0.329 e. The SMILES string of the molecule is CN(CCN1CCCC1)C(CN)c1ccc(F)c(Cl)c1. The van der Waals surface area contributed by atoms with Crippen molar-refractivity contribution in [2.45, 2.75) is 18.9 Å². The first-order valence-electron chi connectivity index (χ1n) is 7.19. The summed E-state index contributed by atoms with van der Waals surface area (Å²) >= 11 is 5.86. The van der Waals surface area contributed by atoms with E-state index in [1.165, 1.54) is 32.0 Å². The quantitative estimate of drug-likeness (QED) is 0.876. The fourth-order valence-corrected chi connectivity index (χ4v) is 2.94. The average Bonchev–Trinajstić information content (AvgIpc) is 2.94. The number of halogens is 2. The van der Waals surface area contributed by atoms with Crippen LogP contribution in [0.1, 0.15) is 24.4 Å². The number of benzene rings is 1. The van der Waals surface area contributed by atoms with Crippen LogP contribution in [-0.2, 0) is 0 Å². The summed E-state index contributed by atoms with van der Waals surface area (Å²) in [6.45, 7) is 4.91. The Morgan fingerprint density at radius 1 is 1.40 bits per heavy atom. The zero-order valence-corrected chi connectivity index (χ0v) is 12.7. The lowest BCUT2D eigenvalue weighted by molar-refractivity contribution is 0.209. The molecule has 2 N–H and O–H groups in total. The van der Waals surface area contributed by atoms with Gasteiger partial charge in [0.25, 0.3) is 0 Å². The minimum atomic E-state index is -0.383. The number of hydrogen-bond donors (Lipinski definition) is 1. The van der Waals surface area contributed by atoms with Gasteiger partial charge in [-0.15, -0.1) is 0 Å². The lowest BCUT2D eigenvalue weighted by Crippen LogP contribution is -2.36. The lowest BCUT2D eigenvalue weighted by atomic mass is 10.1.